The predicted octanol–water partition coefficient (Wildman–Crippen LogP) is 2.05. The summed E-state index contributed by atoms with van der Waals surface area (Å²) >= 11 is 0. The van der Waals surface area contributed by atoms with Crippen molar-refractivity contribution in [2.24, 2.45) is 16.6 Å². The van der Waals surface area contributed by atoms with Crippen molar-refractivity contribution in [3.63, 3.8) is 0 Å². The first-order valence-electron chi connectivity index (χ1n) is 9.62. The molecule has 170 valence electrons. The molecule has 1 saturated heterocycles. The van der Waals surface area contributed by atoms with E-state index in [-0.39, 0.29) is 36.3 Å². The summed E-state index contributed by atoms with van der Waals surface area (Å²) in [5.74, 6) is -4.90. The third kappa shape index (κ3) is 3.39. The highest BCUT2D eigenvalue weighted by atomic mass is 19.1. The van der Waals surface area contributed by atoms with Crippen molar-refractivity contribution in [1.82, 2.24) is 14.9 Å². The zero-order valence-electron chi connectivity index (χ0n) is 17.1. The summed E-state index contributed by atoms with van der Waals surface area (Å²) in [4.78, 5) is 28.1. The van der Waals surface area contributed by atoms with Crippen LogP contribution in [-0.2, 0) is 10.3 Å². The average Bonchev–Trinajstić information content (AvgIpc) is 3.18. The SMILES string of the molecule is C=COc1nc(N2C[C@H]3C(=O)N(C=C)C(N)=N[C@@]3(c3cc(F)ccc3F)C2)nc(C=N)c1F. The molecule has 0 bridgehead atoms. The topological polar surface area (TPSA) is 121 Å². The number of nitrogens with one attached hydrogen (secondary N) is 1. The summed E-state index contributed by atoms with van der Waals surface area (Å²) in [7, 11) is 0. The van der Waals surface area contributed by atoms with Gasteiger partial charge in [0.1, 0.15) is 22.9 Å². The van der Waals surface area contributed by atoms with Crippen molar-refractivity contribution >= 4 is 24.0 Å². The van der Waals surface area contributed by atoms with Crippen LogP contribution in [0.1, 0.15) is 11.3 Å². The third-order valence-corrected chi connectivity index (χ3v) is 5.53. The van der Waals surface area contributed by atoms with Crippen molar-refractivity contribution in [3.05, 3.63) is 72.5 Å². The summed E-state index contributed by atoms with van der Waals surface area (Å²) in [6, 6.07) is 2.84. The lowest BCUT2D eigenvalue weighted by Crippen LogP contribution is -2.54. The van der Waals surface area contributed by atoms with Gasteiger partial charge in [0.2, 0.25) is 23.6 Å². The minimum absolute atomic E-state index is 0.0908. The predicted molar refractivity (Wildman–Crippen MR) is 113 cm³/mol. The molecule has 2 aromatic rings. The molecule has 3 N–H and O–H groups in total. The molecule has 0 unspecified atom stereocenters. The molecule has 0 aliphatic carbocycles. The highest BCUT2D eigenvalue weighted by molar-refractivity contribution is 6.02. The quantitative estimate of drug-likeness (QED) is 0.506. The Hall–Kier alpha value is -4.22. The Labute approximate surface area is 186 Å². The first-order chi connectivity index (χ1) is 15.7. The number of rotatable bonds is 6. The van der Waals surface area contributed by atoms with E-state index in [1.54, 1.807) is 0 Å². The zero-order valence-corrected chi connectivity index (χ0v) is 17.1. The van der Waals surface area contributed by atoms with E-state index in [1.165, 1.54) is 11.1 Å². The second-order valence-electron chi connectivity index (χ2n) is 7.30. The van der Waals surface area contributed by atoms with E-state index < -0.39 is 40.7 Å². The molecule has 1 amide bonds. The largest absolute Gasteiger partial charge is 0.445 e. The maximum atomic E-state index is 14.9. The molecule has 0 spiro atoms. The van der Waals surface area contributed by atoms with Gasteiger partial charge in [-0.05, 0) is 18.2 Å². The molecule has 33 heavy (non-hydrogen) atoms. The van der Waals surface area contributed by atoms with Gasteiger partial charge in [-0.25, -0.2) is 18.8 Å². The maximum absolute atomic E-state index is 14.9. The van der Waals surface area contributed by atoms with E-state index in [0.29, 0.717) is 6.21 Å². The number of ether oxygens (including phenoxy) is 1. The number of aromatic nitrogens is 2. The summed E-state index contributed by atoms with van der Waals surface area (Å²) in [5.41, 5.74) is 3.80. The number of hydrogen-bond acceptors (Lipinski definition) is 8. The number of aliphatic imine (C=N–C) groups is 1. The highest BCUT2D eigenvalue weighted by Gasteiger charge is 2.57. The summed E-state index contributed by atoms with van der Waals surface area (Å²) in [6.07, 6.45) is 2.79. The normalized spacial score (nSPS) is 22.0. The minimum atomic E-state index is -1.62. The lowest BCUT2D eigenvalue weighted by molar-refractivity contribution is -0.131. The van der Waals surface area contributed by atoms with E-state index in [9.17, 15) is 18.0 Å². The van der Waals surface area contributed by atoms with Crippen molar-refractivity contribution in [2.75, 3.05) is 18.0 Å². The fraction of sp³-hybridized carbons (Fsp3) is 0.190. The molecule has 2 aliphatic heterocycles. The molecule has 1 aromatic carbocycles. The van der Waals surface area contributed by atoms with E-state index in [1.807, 2.05) is 0 Å². The molecule has 2 aliphatic rings. The zero-order chi connectivity index (χ0) is 23.9. The number of nitrogens with two attached hydrogens (primary N) is 1. The summed E-state index contributed by atoms with van der Waals surface area (Å²) in [6.45, 7) is 6.62. The minimum Gasteiger partial charge on any atom is -0.445 e. The maximum Gasteiger partial charge on any atom is 0.260 e. The van der Waals surface area contributed by atoms with Crippen LogP contribution in [0.2, 0.25) is 0 Å². The van der Waals surface area contributed by atoms with Crippen LogP contribution in [0.15, 0.2) is 48.8 Å². The van der Waals surface area contributed by atoms with E-state index in [0.717, 1.165) is 29.4 Å². The number of guanidine groups is 1. The number of amides is 1. The Kier molecular flexibility index (Phi) is 5.36. The van der Waals surface area contributed by atoms with Gasteiger partial charge < -0.3 is 20.8 Å². The Morgan fingerprint density at radius 3 is 2.70 bits per heavy atom. The Balaban J connectivity index is 1.90. The Bertz CT molecular complexity index is 1220. The molecule has 0 radical (unpaired) electrons. The molecule has 1 aromatic heterocycles. The van der Waals surface area contributed by atoms with Crippen molar-refractivity contribution < 1.29 is 22.7 Å². The molecule has 1 fully saturated rings. The van der Waals surface area contributed by atoms with Crippen LogP contribution in [0.4, 0.5) is 19.1 Å². The van der Waals surface area contributed by atoms with Crippen LogP contribution >= 0.6 is 0 Å². The molecular weight excluding hydrogens is 439 g/mol. The van der Waals surface area contributed by atoms with Crippen LogP contribution in [0, 0.1) is 28.8 Å². The van der Waals surface area contributed by atoms with Crippen molar-refractivity contribution in [2.45, 2.75) is 5.54 Å². The van der Waals surface area contributed by atoms with Crippen LogP contribution in [0.5, 0.6) is 5.88 Å². The smallest absolute Gasteiger partial charge is 0.260 e. The molecule has 0 saturated carbocycles. The second-order valence-corrected chi connectivity index (χ2v) is 7.30. The molecule has 2 atom stereocenters. The van der Waals surface area contributed by atoms with Gasteiger partial charge in [-0.15, -0.1) is 0 Å². The average molecular weight is 457 g/mol. The van der Waals surface area contributed by atoms with Crippen LogP contribution in [-0.4, -0.2) is 46.0 Å². The first-order valence-corrected chi connectivity index (χ1v) is 9.62. The van der Waals surface area contributed by atoms with Crippen molar-refractivity contribution in [1.29, 1.82) is 5.41 Å². The fourth-order valence-corrected chi connectivity index (χ4v) is 4.10. The lowest BCUT2D eigenvalue weighted by Gasteiger charge is -2.37. The van der Waals surface area contributed by atoms with Gasteiger partial charge in [0.05, 0.1) is 18.7 Å². The van der Waals surface area contributed by atoms with Gasteiger partial charge in [0.15, 0.2) is 0 Å². The van der Waals surface area contributed by atoms with Crippen LogP contribution in [0.3, 0.4) is 0 Å². The van der Waals surface area contributed by atoms with Crippen LogP contribution < -0.4 is 15.4 Å². The highest BCUT2D eigenvalue weighted by Crippen LogP contribution is 2.46. The number of anilines is 1. The van der Waals surface area contributed by atoms with Gasteiger partial charge in [-0.1, -0.05) is 13.2 Å². The Morgan fingerprint density at radius 1 is 1.27 bits per heavy atom. The first kappa shape index (κ1) is 22.0. The summed E-state index contributed by atoms with van der Waals surface area (Å²) < 4.78 is 48.4. The number of fused-ring (bicyclic) bond motifs is 1. The van der Waals surface area contributed by atoms with Gasteiger partial charge in [0, 0.05) is 24.5 Å². The monoisotopic (exact) mass is 457 g/mol. The number of benzene rings is 1. The number of carbonyl (C=O) groups excluding carboxylic acids is 1. The van der Waals surface area contributed by atoms with Gasteiger partial charge in [-0.3, -0.25) is 9.69 Å². The fourth-order valence-electron chi connectivity index (χ4n) is 4.10. The molecule has 9 nitrogen and oxygen atoms in total. The standard InChI is InChI=1S/C21H18F3N7O2/c1-3-31-18(32)13-9-30(20-27-15(8-25)16(24)17(28-20)33-4-2)10-21(13,29-19(31)26)12-7-11(22)5-6-14(12)23/h3-8,13,25H,1-2,9-10H2,(H2,26,29)/t13-,21+/m0/s1. The van der Waals surface area contributed by atoms with Gasteiger partial charge in [0.25, 0.3) is 5.88 Å². The molecule has 4 rings (SSSR count). The molecule has 12 heteroatoms. The number of halogens is 3. The summed E-state index contributed by atoms with van der Waals surface area (Å²) in [5, 5.41) is 7.42. The Morgan fingerprint density at radius 2 is 2.03 bits per heavy atom. The third-order valence-electron chi connectivity index (χ3n) is 5.53. The number of carbonyl (C=O) groups is 1. The number of nitrogens with zero attached hydrogens (tertiary/aromatic N) is 5. The lowest BCUT2D eigenvalue weighted by atomic mass is 9.79. The van der Waals surface area contributed by atoms with E-state index >= 15 is 0 Å². The second kappa shape index (κ2) is 8.04. The van der Waals surface area contributed by atoms with Gasteiger partial charge >= 0.3 is 0 Å². The van der Waals surface area contributed by atoms with Gasteiger partial charge in [-0.2, -0.15) is 9.37 Å². The molecule has 3 heterocycles. The van der Waals surface area contributed by atoms with E-state index in [4.69, 9.17) is 15.9 Å². The van der Waals surface area contributed by atoms with Crippen molar-refractivity contribution in [3.8, 4) is 5.88 Å². The van der Waals surface area contributed by atoms with Crippen LogP contribution in [0.25, 0.3) is 0 Å². The van der Waals surface area contributed by atoms with E-state index in [2.05, 4.69) is 28.1 Å². The number of hydrogen-bond donors (Lipinski definition) is 2. The molecular formula is C21H18F3N7O2.